The van der Waals surface area contributed by atoms with Crippen molar-refractivity contribution >= 4 is 0 Å². The summed E-state index contributed by atoms with van der Waals surface area (Å²) in [6, 6.07) is 0. The fraction of sp³-hybridized carbons (Fsp3) is 0.889. The van der Waals surface area contributed by atoms with Gasteiger partial charge in [0.1, 0.15) is 0 Å². The maximum atomic E-state index is 4.36. The van der Waals surface area contributed by atoms with Crippen molar-refractivity contribution in [2.24, 2.45) is 17.8 Å². The smallest absolute Gasteiger partial charge is 0.0232 e. The van der Waals surface area contributed by atoms with Crippen molar-refractivity contribution in [2.75, 3.05) is 0 Å². The Bertz CT molecular complexity index is 204. The summed E-state index contributed by atoms with van der Waals surface area (Å²) in [5.74, 6) is 2.37. The summed E-state index contributed by atoms with van der Waals surface area (Å²) in [4.78, 5) is 0. The van der Waals surface area contributed by atoms with E-state index < -0.39 is 0 Å². The Morgan fingerprint density at radius 1 is 0.833 bits per heavy atom. The molecule has 0 aliphatic heterocycles. The summed E-state index contributed by atoms with van der Waals surface area (Å²) in [5, 5.41) is 0. The van der Waals surface area contributed by atoms with Gasteiger partial charge in [0.2, 0.25) is 0 Å². The van der Waals surface area contributed by atoms with Gasteiger partial charge < -0.3 is 0 Å². The molecule has 0 rings (SSSR count). The molecule has 3 atom stereocenters. The molecule has 0 N–H and O–H groups in total. The van der Waals surface area contributed by atoms with Gasteiger partial charge in [0.05, 0.1) is 0 Å². The third kappa shape index (κ3) is 7.24. The monoisotopic (exact) mass is 252 g/mol. The third-order valence-electron chi connectivity index (χ3n) is 4.54. The van der Waals surface area contributed by atoms with Gasteiger partial charge in [-0.3, -0.25) is 0 Å². The standard InChI is InChI=1S/C18H36/c1-7-10-12-15(4)17(6)16(5)13-14-18(9-3)11-8-2/h15-16,18H,6-14H2,1-5H3. The molecule has 108 valence electrons. The van der Waals surface area contributed by atoms with Gasteiger partial charge in [-0.15, -0.1) is 0 Å². The molecule has 0 aliphatic carbocycles. The van der Waals surface area contributed by atoms with Crippen LogP contribution in [0.15, 0.2) is 12.2 Å². The molecule has 18 heavy (non-hydrogen) atoms. The quantitative estimate of drug-likeness (QED) is 0.363. The lowest BCUT2D eigenvalue weighted by Gasteiger charge is -2.23. The average Bonchev–Trinajstić information content (AvgIpc) is 2.39. The van der Waals surface area contributed by atoms with Crippen LogP contribution in [0.1, 0.15) is 86.0 Å². The number of unbranched alkanes of at least 4 members (excludes halogenated alkanes) is 1. The zero-order valence-corrected chi connectivity index (χ0v) is 13.6. The molecule has 0 aromatic carbocycles. The third-order valence-corrected chi connectivity index (χ3v) is 4.54. The molecule has 0 amide bonds. The Hall–Kier alpha value is -0.260. The minimum absolute atomic E-state index is 0.711. The minimum Gasteiger partial charge on any atom is -0.0993 e. The highest BCUT2D eigenvalue weighted by Crippen LogP contribution is 2.28. The predicted molar refractivity (Wildman–Crippen MR) is 84.9 cm³/mol. The van der Waals surface area contributed by atoms with Gasteiger partial charge in [-0.25, -0.2) is 0 Å². The fourth-order valence-electron chi connectivity index (χ4n) is 2.81. The molecule has 0 bridgehead atoms. The minimum atomic E-state index is 0.711. The van der Waals surface area contributed by atoms with Crippen LogP contribution in [0.5, 0.6) is 0 Å². The van der Waals surface area contributed by atoms with Crippen LogP contribution < -0.4 is 0 Å². The first-order valence-corrected chi connectivity index (χ1v) is 8.25. The van der Waals surface area contributed by atoms with E-state index in [1.807, 2.05) is 0 Å². The summed E-state index contributed by atoms with van der Waals surface area (Å²) in [6.07, 6.45) is 10.8. The Morgan fingerprint density at radius 3 is 1.94 bits per heavy atom. The Kier molecular flexibility index (Phi) is 10.5. The van der Waals surface area contributed by atoms with Crippen molar-refractivity contribution in [3.05, 3.63) is 12.2 Å². The summed E-state index contributed by atoms with van der Waals surface area (Å²) in [5.41, 5.74) is 1.50. The molecule has 0 aromatic rings. The summed E-state index contributed by atoms with van der Waals surface area (Å²) >= 11 is 0. The van der Waals surface area contributed by atoms with Crippen LogP contribution in [-0.2, 0) is 0 Å². The molecular formula is C18H36. The van der Waals surface area contributed by atoms with E-state index in [2.05, 4.69) is 41.2 Å². The van der Waals surface area contributed by atoms with Gasteiger partial charge in [0, 0.05) is 0 Å². The summed E-state index contributed by atoms with van der Waals surface area (Å²) in [6.45, 7) is 16.0. The first-order chi connectivity index (χ1) is 8.56. The van der Waals surface area contributed by atoms with Crippen LogP contribution in [0.3, 0.4) is 0 Å². The van der Waals surface area contributed by atoms with E-state index in [1.165, 1.54) is 56.9 Å². The van der Waals surface area contributed by atoms with Crippen LogP contribution in [-0.4, -0.2) is 0 Å². The number of rotatable bonds is 11. The molecule has 0 spiro atoms. The average molecular weight is 252 g/mol. The molecule has 0 heterocycles. The van der Waals surface area contributed by atoms with E-state index in [0.29, 0.717) is 11.8 Å². The zero-order chi connectivity index (χ0) is 14.0. The van der Waals surface area contributed by atoms with Gasteiger partial charge in [-0.2, -0.15) is 0 Å². The second-order valence-corrected chi connectivity index (χ2v) is 6.16. The maximum absolute atomic E-state index is 4.36. The molecule has 0 saturated carbocycles. The van der Waals surface area contributed by atoms with Crippen molar-refractivity contribution in [1.29, 1.82) is 0 Å². The van der Waals surface area contributed by atoms with Crippen LogP contribution >= 0.6 is 0 Å². The molecule has 3 unspecified atom stereocenters. The van der Waals surface area contributed by atoms with E-state index >= 15 is 0 Å². The first-order valence-electron chi connectivity index (χ1n) is 8.25. The molecule has 0 saturated heterocycles. The lowest BCUT2D eigenvalue weighted by Crippen LogP contribution is -2.10. The maximum Gasteiger partial charge on any atom is -0.0232 e. The van der Waals surface area contributed by atoms with E-state index in [-0.39, 0.29) is 0 Å². The number of hydrogen-bond donors (Lipinski definition) is 0. The highest BCUT2D eigenvalue weighted by molar-refractivity contribution is 5.03. The predicted octanol–water partition coefficient (Wildman–Crippen LogP) is 6.61. The van der Waals surface area contributed by atoms with E-state index in [4.69, 9.17) is 0 Å². The summed E-state index contributed by atoms with van der Waals surface area (Å²) < 4.78 is 0. The fourth-order valence-corrected chi connectivity index (χ4v) is 2.81. The number of allylic oxidation sites excluding steroid dienone is 1. The molecule has 0 fully saturated rings. The van der Waals surface area contributed by atoms with Crippen molar-refractivity contribution in [1.82, 2.24) is 0 Å². The van der Waals surface area contributed by atoms with Crippen LogP contribution in [0, 0.1) is 17.8 Å². The van der Waals surface area contributed by atoms with E-state index in [1.54, 1.807) is 0 Å². The topological polar surface area (TPSA) is 0 Å². The van der Waals surface area contributed by atoms with Crippen molar-refractivity contribution in [3.8, 4) is 0 Å². The lowest BCUT2D eigenvalue weighted by atomic mass is 9.83. The van der Waals surface area contributed by atoms with Crippen molar-refractivity contribution in [3.63, 3.8) is 0 Å². The summed E-state index contributed by atoms with van der Waals surface area (Å²) in [7, 11) is 0. The van der Waals surface area contributed by atoms with Crippen LogP contribution in [0.25, 0.3) is 0 Å². The second-order valence-electron chi connectivity index (χ2n) is 6.16. The highest BCUT2D eigenvalue weighted by Gasteiger charge is 2.15. The Balaban J connectivity index is 3.98. The largest absolute Gasteiger partial charge is 0.0993 e. The normalized spacial score (nSPS) is 16.3. The zero-order valence-electron chi connectivity index (χ0n) is 13.6. The molecular weight excluding hydrogens is 216 g/mol. The molecule has 0 aliphatic rings. The first kappa shape index (κ1) is 17.7. The van der Waals surface area contributed by atoms with Crippen molar-refractivity contribution in [2.45, 2.75) is 86.0 Å². The molecule has 0 aromatic heterocycles. The Labute approximate surface area is 116 Å². The van der Waals surface area contributed by atoms with Crippen molar-refractivity contribution < 1.29 is 0 Å². The molecule has 0 heteroatoms. The van der Waals surface area contributed by atoms with Gasteiger partial charge >= 0.3 is 0 Å². The second kappa shape index (κ2) is 10.6. The molecule has 0 radical (unpaired) electrons. The van der Waals surface area contributed by atoms with E-state index in [0.717, 1.165) is 5.92 Å². The van der Waals surface area contributed by atoms with Gasteiger partial charge in [-0.1, -0.05) is 78.9 Å². The number of hydrogen-bond acceptors (Lipinski definition) is 0. The van der Waals surface area contributed by atoms with Crippen LogP contribution in [0.2, 0.25) is 0 Å². The van der Waals surface area contributed by atoms with Gasteiger partial charge in [0.15, 0.2) is 0 Å². The SMILES string of the molecule is C=C(C(C)CCCC)C(C)CCC(CC)CCC. The molecule has 0 nitrogen and oxygen atoms in total. The van der Waals surface area contributed by atoms with Gasteiger partial charge in [-0.05, 0) is 37.0 Å². The van der Waals surface area contributed by atoms with E-state index in [9.17, 15) is 0 Å². The van der Waals surface area contributed by atoms with Crippen LogP contribution in [0.4, 0.5) is 0 Å². The lowest BCUT2D eigenvalue weighted by molar-refractivity contribution is 0.381. The Morgan fingerprint density at radius 2 is 1.44 bits per heavy atom. The van der Waals surface area contributed by atoms with Gasteiger partial charge in [0.25, 0.3) is 0 Å². The highest BCUT2D eigenvalue weighted by atomic mass is 14.2.